The number of furan rings is 1. The van der Waals surface area contributed by atoms with Crippen molar-refractivity contribution in [3.63, 3.8) is 0 Å². The van der Waals surface area contributed by atoms with Crippen LogP contribution in [0.5, 0.6) is 0 Å². The van der Waals surface area contributed by atoms with E-state index in [1.807, 2.05) is 7.05 Å². The highest BCUT2D eigenvalue weighted by Crippen LogP contribution is 2.33. The zero-order valence-corrected chi connectivity index (χ0v) is 18.2. The van der Waals surface area contributed by atoms with E-state index in [1.54, 1.807) is 6.33 Å². The number of benzene rings is 1. The van der Waals surface area contributed by atoms with Gasteiger partial charge in [-0.05, 0) is 64.1 Å². The smallest absolute Gasteiger partial charge is 0.231 e. The van der Waals surface area contributed by atoms with Gasteiger partial charge in [0.2, 0.25) is 5.71 Å². The van der Waals surface area contributed by atoms with Crippen molar-refractivity contribution in [1.29, 1.82) is 0 Å². The van der Waals surface area contributed by atoms with E-state index in [2.05, 4.69) is 68.8 Å². The van der Waals surface area contributed by atoms with Crippen molar-refractivity contribution >= 4 is 22.6 Å². The third-order valence-corrected chi connectivity index (χ3v) is 5.74. The van der Waals surface area contributed by atoms with Crippen LogP contribution in [-0.2, 0) is 19.4 Å². The normalized spacial score (nSPS) is 14.3. The molecule has 7 heteroatoms. The lowest BCUT2D eigenvalue weighted by Crippen LogP contribution is -2.32. The maximum atomic E-state index is 6.13. The third kappa shape index (κ3) is 4.74. The van der Waals surface area contributed by atoms with Gasteiger partial charge in [0.05, 0.1) is 11.9 Å². The second-order valence-corrected chi connectivity index (χ2v) is 8.21. The first kappa shape index (κ1) is 20.6. The molecular weight excluding hydrogens is 376 g/mol. The first-order valence-electron chi connectivity index (χ1n) is 10.8. The molecule has 3 aromatic rings. The Morgan fingerprint density at radius 1 is 1.17 bits per heavy atom. The number of nitrogens with one attached hydrogen (secondary N) is 2. The monoisotopic (exact) mass is 408 g/mol. The molecule has 1 aliphatic rings. The lowest BCUT2D eigenvalue weighted by Gasteiger charge is -2.26. The number of hydrogen-bond donors (Lipinski definition) is 2. The number of hydrogen-bond acceptors (Lipinski definition) is 7. The summed E-state index contributed by atoms with van der Waals surface area (Å²) < 4.78 is 6.13. The molecule has 7 nitrogen and oxygen atoms in total. The molecule has 1 aliphatic heterocycles. The van der Waals surface area contributed by atoms with Crippen LogP contribution in [0.15, 0.2) is 35.0 Å². The fourth-order valence-corrected chi connectivity index (χ4v) is 4.08. The maximum absolute atomic E-state index is 6.13. The zero-order chi connectivity index (χ0) is 20.9. The summed E-state index contributed by atoms with van der Waals surface area (Å²) in [6.07, 6.45) is 4.69. The second kappa shape index (κ2) is 9.45. The Labute approximate surface area is 178 Å². The largest absolute Gasteiger partial charge is 0.441 e. The summed E-state index contributed by atoms with van der Waals surface area (Å²) >= 11 is 0. The van der Waals surface area contributed by atoms with Crippen molar-refractivity contribution in [3.05, 3.63) is 47.5 Å². The minimum absolute atomic E-state index is 0.700. The molecule has 0 unspecified atom stereocenters. The van der Waals surface area contributed by atoms with Crippen molar-refractivity contribution in [1.82, 2.24) is 19.8 Å². The molecule has 0 atom stereocenters. The Hall–Kier alpha value is -2.64. The van der Waals surface area contributed by atoms with E-state index in [0.717, 1.165) is 68.2 Å². The molecule has 0 amide bonds. The van der Waals surface area contributed by atoms with E-state index < -0.39 is 0 Å². The molecule has 1 aromatic carbocycles. The van der Waals surface area contributed by atoms with Gasteiger partial charge in [-0.25, -0.2) is 9.97 Å². The van der Waals surface area contributed by atoms with Crippen LogP contribution >= 0.6 is 0 Å². The second-order valence-electron chi connectivity index (χ2n) is 8.21. The first-order valence-corrected chi connectivity index (χ1v) is 10.8. The summed E-state index contributed by atoms with van der Waals surface area (Å²) in [5, 5.41) is 7.73. The van der Waals surface area contributed by atoms with E-state index in [4.69, 9.17) is 4.42 Å². The molecule has 0 radical (unpaired) electrons. The summed E-state index contributed by atoms with van der Waals surface area (Å²) in [7, 11) is 6.18. The third-order valence-electron chi connectivity index (χ3n) is 5.74. The van der Waals surface area contributed by atoms with E-state index in [0.29, 0.717) is 5.71 Å². The van der Waals surface area contributed by atoms with Crippen LogP contribution in [-0.4, -0.2) is 67.1 Å². The maximum Gasteiger partial charge on any atom is 0.231 e. The molecule has 3 heterocycles. The van der Waals surface area contributed by atoms with Crippen molar-refractivity contribution in [3.8, 4) is 0 Å². The first-order chi connectivity index (χ1) is 14.6. The van der Waals surface area contributed by atoms with Crippen LogP contribution in [0.4, 0.5) is 11.5 Å². The average molecular weight is 409 g/mol. The van der Waals surface area contributed by atoms with Crippen LogP contribution < -0.4 is 10.6 Å². The Morgan fingerprint density at radius 2 is 2.00 bits per heavy atom. The van der Waals surface area contributed by atoms with Gasteiger partial charge >= 0.3 is 0 Å². The summed E-state index contributed by atoms with van der Waals surface area (Å²) in [4.78, 5) is 13.6. The highest BCUT2D eigenvalue weighted by atomic mass is 16.3. The van der Waals surface area contributed by atoms with Gasteiger partial charge in [0, 0.05) is 31.4 Å². The standard InChI is InChI=1S/C23H32N6O/c1-24-18-7-5-17(6-8-18)9-11-25-22-21-19-10-14-29(13-4-12-28(2)3)15-20(19)30-23(21)27-16-26-22/h5-8,16,24H,4,9-15H2,1-3H3,(H,25,26,27). The number of aromatic nitrogens is 2. The molecule has 0 aliphatic carbocycles. The van der Waals surface area contributed by atoms with Gasteiger partial charge in [0.1, 0.15) is 17.9 Å². The van der Waals surface area contributed by atoms with Gasteiger partial charge < -0.3 is 20.0 Å². The predicted octanol–water partition coefficient (Wildman–Crippen LogP) is 3.23. The number of rotatable bonds is 9. The topological polar surface area (TPSA) is 69.5 Å². The Morgan fingerprint density at radius 3 is 2.77 bits per heavy atom. The van der Waals surface area contributed by atoms with Crippen LogP contribution in [0.1, 0.15) is 23.3 Å². The van der Waals surface area contributed by atoms with E-state index in [-0.39, 0.29) is 0 Å². The molecule has 30 heavy (non-hydrogen) atoms. The van der Waals surface area contributed by atoms with E-state index >= 15 is 0 Å². The molecule has 0 saturated carbocycles. The number of fused-ring (bicyclic) bond motifs is 3. The van der Waals surface area contributed by atoms with Gasteiger partial charge in [-0.2, -0.15) is 0 Å². The summed E-state index contributed by atoms with van der Waals surface area (Å²) in [6, 6.07) is 8.53. The van der Waals surface area contributed by atoms with Crippen molar-refractivity contribution in [2.75, 3.05) is 58.0 Å². The minimum atomic E-state index is 0.700. The average Bonchev–Trinajstić information content (AvgIpc) is 3.12. The van der Waals surface area contributed by atoms with Gasteiger partial charge in [-0.15, -0.1) is 0 Å². The Kier molecular flexibility index (Phi) is 6.50. The molecule has 0 fully saturated rings. The van der Waals surface area contributed by atoms with Crippen molar-refractivity contribution in [2.24, 2.45) is 0 Å². The summed E-state index contributed by atoms with van der Waals surface area (Å²) in [5.41, 5.74) is 4.40. The number of anilines is 2. The van der Waals surface area contributed by atoms with Crippen LogP contribution in [0, 0.1) is 0 Å². The Bertz CT molecular complexity index is 966. The SMILES string of the molecule is CNc1ccc(CCNc2ncnc3oc4c(c23)CCN(CCCN(C)C)C4)cc1. The fourth-order valence-electron chi connectivity index (χ4n) is 4.08. The van der Waals surface area contributed by atoms with Gasteiger partial charge in [0.25, 0.3) is 0 Å². The van der Waals surface area contributed by atoms with E-state index in [1.165, 1.54) is 17.5 Å². The molecular formula is C23H32N6O. The molecule has 4 rings (SSSR count). The predicted molar refractivity (Wildman–Crippen MR) is 122 cm³/mol. The molecule has 0 bridgehead atoms. The van der Waals surface area contributed by atoms with Gasteiger partial charge in [0.15, 0.2) is 0 Å². The molecule has 160 valence electrons. The number of nitrogens with zero attached hydrogens (tertiary/aromatic N) is 4. The summed E-state index contributed by atoms with van der Waals surface area (Å²) in [5.74, 6) is 1.94. The zero-order valence-electron chi connectivity index (χ0n) is 18.2. The van der Waals surface area contributed by atoms with Crippen LogP contribution in [0.2, 0.25) is 0 Å². The van der Waals surface area contributed by atoms with E-state index in [9.17, 15) is 0 Å². The summed E-state index contributed by atoms with van der Waals surface area (Å²) in [6.45, 7) is 4.94. The lowest BCUT2D eigenvalue weighted by molar-refractivity contribution is 0.219. The molecule has 2 aromatic heterocycles. The Balaban J connectivity index is 1.42. The van der Waals surface area contributed by atoms with Gasteiger partial charge in [-0.3, -0.25) is 4.90 Å². The van der Waals surface area contributed by atoms with Crippen molar-refractivity contribution in [2.45, 2.75) is 25.8 Å². The van der Waals surface area contributed by atoms with Crippen LogP contribution in [0.3, 0.4) is 0 Å². The quantitative estimate of drug-likeness (QED) is 0.563. The molecule has 0 saturated heterocycles. The minimum Gasteiger partial charge on any atom is -0.441 e. The molecule has 2 N–H and O–H groups in total. The van der Waals surface area contributed by atoms with Crippen molar-refractivity contribution < 1.29 is 4.42 Å². The lowest BCUT2D eigenvalue weighted by atomic mass is 10.0. The van der Waals surface area contributed by atoms with Gasteiger partial charge in [-0.1, -0.05) is 12.1 Å². The fraction of sp³-hybridized carbons (Fsp3) is 0.478. The highest BCUT2D eigenvalue weighted by Gasteiger charge is 2.25. The van der Waals surface area contributed by atoms with Crippen LogP contribution in [0.25, 0.3) is 11.1 Å². The molecule has 0 spiro atoms. The highest BCUT2D eigenvalue weighted by molar-refractivity contribution is 5.90.